The minimum atomic E-state index is 0.214. The standard InChI is InChI=1S/C15H17N3S/c1-9-4-6-13-12(8-9)17-15(16)18(13)11(3)14-7-5-10(2)19-14/h4-8,11H,1-3H3,(H2,16,17). The molecule has 1 atom stereocenters. The highest BCUT2D eigenvalue weighted by Crippen LogP contribution is 2.31. The number of nitrogen functional groups attached to an aromatic ring is 1. The number of nitrogens with zero attached hydrogens (tertiary/aromatic N) is 2. The lowest BCUT2D eigenvalue weighted by Crippen LogP contribution is -2.08. The van der Waals surface area contributed by atoms with Crippen LogP contribution < -0.4 is 5.73 Å². The average molecular weight is 271 g/mol. The number of hydrogen-bond acceptors (Lipinski definition) is 3. The molecule has 19 heavy (non-hydrogen) atoms. The second-order valence-electron chi connectivity index (χ2n) is 4.96. The topological polar surface area (TPSA) is 43.8 Å². The van der Waals surface area contributed by atoms with Gasteiger partial charge in [-0.1, -0.05) is 6.07 Å². The van der Waals surface area contributed by atoms with Crippen LogP contribution in [-0.2, 0) is 0 Å². The normalized spacial score (nSPS) is 13.0. The van der Waals surface area contributed by atoms with Crippen molar-refractivity contribution in [3.05, 3.63) is 45.6 Å². The number of benzene rings is 1. The van der Waals surface area contributed by atoms with Gasteiger partial charge in [-0.2, -0.15) is 0 Å². The van der Waals surface area contributed by atoms with Gasteiger partial charge in [0.2, 0.25) is 5.95 Å². The third-order valence-electron chi connectivity index (χ3n) is 3.43. The van der Waals surface area contributed by atoms with Gasteiger partial charge in [0.1, 0.15) is 0 Å². The fourth-order valence-corrected chi connectivity index (χ4v) is 3.36. The van der Waals surface area contributed by atoms with E-state index in [2.05, 4.69) is 60.7 Å². The number of imidazole rings is 1. The van der Waals surface area contributed by atoms with Crippen molar-refractivity contribution in [3.63, 3.8) is 0 Å². The van der Waals surface area contributed by atoms with Gasteiger partial charge >= 0.3 is 0 Å². The molecule has 3 nitrogen and oxygen atoms in total. The molecular formula is C15H17N3S. The molecule has 1 unspecified atom stereocenters. The first-order chi connectivity index (χ1) is 9.06. The molecule has 0 aliphatic rings. The minimum Gasteiger partial charge on any atom is -0.369 e. The molecule has 2 N–H and O–H groups in total. The smallest absolute Gasteiger partial charge is 0.201 e. The summed E-state index contributed by atoms with van der Waals surface area (Å²) in [6, 6.07) is 10.8. The van der Waals surface area contributed by atoms with Crippen molar-refractivity contribution in [3.8, 4) is 0 Å². The summed E-state index contributed by atoms with van der Waals surface area (Å²) in [6.07, 6.45) is 0. The van der Waals surface area contributed by atoms with Crippen LogP contribution in [0.1, 0.15) is 28.3 Å². The van der Waals surface area contributed by atoms with Crippen LogP contribution in [0.25, 0.3) is 11.0 Å². The van der Waals surface area contributed by atoms with Crippen LogP contribution in [0.15, 0.2) is 30.3 Å². The Hall–Kier alpha value is -1.81. The molecule has 0 radical (unpaired) electrons. The van der Waals surface area contributed by atoms with Crippen LogP contribution in [0.4, 0.5) is 5.95 Å². The predicted octanol–water partition coefficient (Wildman–Crippen LogP) is 3.91. The lowest BCUT2D eigenvalue weighted by atomic mass is 10.2. The molecule has 0 amide bonds. The molecule has 4 heteroatoms. The molecule has 2 aromatic heterocycles. The summed E-state index contributed by atoms with van der Waals surface area (Å²) >= 11 is 1.81. The van der Waals surface area contributed by atoms with E-state index in [9.17, 15) is 0 Å². The summed E-state index contributed by atoms with van der Waals surface area (Å²) in [5.41, 5.74) is 9.38. The molecule has 0 bridgehead atoms. The Balaban J connectivity index is 2.16. The fourth-order valence-electron chi connectivity index (χ4n) is 2.44. The van der Waals surface area contributed by atoms with E-state index in [1.165, 1.54) is 15.3 Å². The maximum atomic E-state index is 6.10. The molecule has 1 aromatic carbocycles. The van der Waals surface area contributed by atoms with E-state index in [0.717, 1.165) is 11.0 Å². The lowest BCUT2D eigenvalue weighted by Gasteiger charge is -2.14. The molecule has 0 aliphatic heterocycles. The van der Waals surface area contributed by atoms with Crippen LogP contribution in [0.5, 0.6) is 0 Å². The molecule has 0 fully saturated rings. The molecular weight excluding hydrogens is 254 g/mol. The van der Waals surface area contributed by atoms with Gasteiger partial charge in [0, 0.05) is 9.75 Å². The molecule has 2 heterocycles. The molecule has 0 aliphatic carbocycles. The quantitative estimate of drug-likeness (QED) is 0.768. The van der Waals surface area contributed by atoms with E-state index >= 15 is 0 Å². The van der Waals surface area contributed by atoms with Crippen LogP contribution >= 0.6 is 11.3 Å². The first kappa shape index (κ1) is 12.2. The Labute approximate surface area is 116 Å². The third kappa shape index (κ3) is 2.02. The van der Waals surface area contributed by atoms with Gasteiger partial charge in [0.25, 0.3) is 0 Å². The number of fused-ring (bicyclic) bond motifs is 1. The zero-order chi connectivity index (χ0) is 13.6. The zero-order valence-electron chi connectivity index (χ0n) is 11.3. The van der Waals surface area contributed by atoms with Crippen LogP contribution in [0.3, 0.4) is 0 Å². The molecule has 0 spiro atoms. The van der Waals surface area contributed by atoms with Gasteiger partial charge in [-0.05, 0) is 50.6 Å². The van der Waals surface area contributed by atoms with Crippen molar-refractivity contribution >= 4 is 28.3 Å². The van der Waals surface area contributed by atoms with Gasteiger partial charge in [0.05, 0.1) is 17.1 Å². The Morgan fingerprint density at radius 1 is 1.21 bits per heavy atom. The Bertz CT molecular complexity index is 739. The number of rotatable bonds is 2. The van der Waals surface area contributed by atoms with E-state index in [1.54, 1.807) is 0 Å². The van der Waals surface area contributed by atoms with Crippen molar-refractivity contribution in [2.75, 3.05) is 5.73 Å². The summed E-state index contributed by atoms with van der Waals surface area (Å²) in [5, 5.41) is 0. The van der Waals surface area contributed by atoms with Crippen molar-refractivity contribution in [1.82, 2.24) is 9.55 Å². The molecule has 98 valence electrons. The summed E-state index contributed by atoms with van der Waals surface area (Å²) in [6.45, 7) is 6.36. The molecule has 0 saturated heterocycles. The lowest BCUT2D eigenvalue weighted by molar-refractivity contribution is 0.680. The van der Waals surface area contributed by atoms with Crippen LogP contribution in [0, 0.1) is 13.8 Å². The monoisotopic (exact) mass is 271 g/mol. The third-order valence-corrected chi connectivity index (χ3v) is 4.60. The Morgan fingerprint density at radius 3 is 2.68 bits per heavy atom. The Morgan fingerprint density at radius 2 is 2.00 bits per heavy atom. The van der Waals surface area contributed by atoms with Gasteiger partial charge in [-0.25, -0.2) is 4.98 Å². The van der Waals surface area contributed by atoms with Crippen molar-refractivity contribution < 1.29 is 0 Å². The maximum absolute atomic E-state index is 6.10. The van der Waals surface area contributed by atoms with E-state index in [1.807, 2.05) is 11.3 Å². The number of hydrogen-bond donors (Lipinski definition) is 1. The maximum Gasteiger partial charge on any atom is 0.201 e. The minimum absolute atomic E-state index is 0.214. The van der Waals surface area contributed by atoms with Gasteiger partial charge in [0.15, 0.2) is 0 Å². The number of aryl methyl sites for hydroxylation is 2. The highest BCUT2D eigenvalue weighted by atomic mass is 32.1. The number of aromatic nitrogens is 2. The van der Waals surface area contributed by atoms with E-state index < -0.39 is 0 Å². The van der Waals surface area contributed by atoms with Crippen molar-refractivity contribution in [2.45, 2.75) is 26.8 Å². The highest BCUT2D eigenvalue weighted by molar-refractivity contribution is 7.12. The summed E-state index contributed by atoms with van der Waals surface area (Å²) in [5.74, 6) is 0.583. The molecule has 3 aromatic rings. The first-order valence-electron chi connectivity index (χ1n) is 6.36. The van der Waals surface area contributed by atoms with E-state index in [-0.39, 0.29) is 6.04 Å². The number of nitrogens with two attached hydrogens (primary N) is 1. The van der Waals surface area contributed by atoms with Crippen molar-refractivity contribution in [1.29, 1.82) is 0 Å². The van der Waals surface area contributed by atoms with Crippen LogP contribution in [-0.4, -0.2) is 9.55 Å². The van der Waals surface area contributed by atoms with Gasteiger partial charge in [-0.15, -0.1) is 11.3 Å². The SMILES string of the molecule is Cc1ccc2c(c1)nc(N)n2C(C)c1ccc(C)s1. The number of anilines is 1. The van der Waals surface area contributed by atoms with Crippen LogP contribution in [0.2, 0.25) is 0 Å². The average Bonchev–Trinajstić information content (AvgIpc) is 2.91. The Kier molecular flexibility index (Phi) is 2.82. The second-order valence-corrected chi connectivity index (χ2v) is 6.28. The van der Waals surface area contributed by atoms with Gasteiger partial charge < -0.3 is 10.3 Å². The largest absolute Gasteiger partial charge is 0.369 e. The zero-order valence-corrected chi connectivity index (χ0v) is 12.2. The molecule has 0 saturated carbocycles. The predicted molar refractivity (Wildman–Crippen MR) is 81.8 cm³/mol. The highest BCUT2D eigenvalue weighted by Gasteiger charge is 2.16. The van der Waals surface area contributed by atoms with E-state index in [4.69, 9.17) is 5.73 Å². The van der Waals surface area contributed by atoms with E-state index in [0.29, 0.717) is 5.95 Å². The fraction of sp³-hybridized carbons (Fsp3) is 0.267. The summed E-state index contributed by atoms with van der Waals surface area (Å²) in [7, 11) is 0. The molecule has 3 rings (SSSR count). The first-order valence-corrected chi connectivity index (χ1v) is 7.18. The van der Waals surface area contributed by atoms with Gasteiger partial charge in [-0.3, -0.25) is 0 Å². The summed E-state index contributed by atoms with van der Waals surface area (Å²) < 4.78 is 2.11. The second kappa shape index (κ2) is 4.38. The number of thiophene rings is 1. The summed E-state index contributed by atoms with van der Waals surface area (Å²) in [4.78, 5) is 7.10. The van der Waals surface area contributed by atoms with Crippen molar-refractivity contribution in [2.24, 2.45) is 0 Å².